The number of esters is 1. The van der Waals surface area contributed by atoms with Crippen LogP contribution in [0.3, 0.4) is 0 Å². The molecule has 0 aromatic carbocycles. The predicted molar refractivity (Wildman–Crippen MR) is 85.7 cm³/mol. The van der Waals surface area contributed by atoms with Crippen molar-refractivity contribution >= 4 is 11.9 Å². The van der Waals surface area contributed by atoms with Gasteiger partial charge in [0.2, 0.25) is 5.88 Å². The van der Waals surface area contributed by atoms with E-state index in [4.69, 9.17) is 9.15 Å². The maximum atomic E-state index is 12.3. The number of hydrogen-bond donors (Lipinski definition) is 0. The second-order valence-corrected chi connectivity index (χ2v) is 5.06. The molecule has 2 aromatic rings. The summed E-state index contributed by atoms with van der Waals surface area (Å²) in [7, 11) is 0. The molecule has 2 rings (SSSR count). The monoisotopic (exact) mass is 329 g/mol. The quantitative estimate of drug-likeness (QED) is 0.759. The predicted octanol–water partition coefficient (Wildman–Crippen LogP) is 2.28. The third-order valence-electron chi connectivity index (χ3n) is 3.66. The van der Waals surface area contributed by atoms with Gasteiger partial charge in [0.1, 0.15) is 23.0 Å². The van der Waals surface area contributed by atoms with Gasteiger partial charge in [-0.15, -0.1) is 0 Å². The molecule has 7 heteroatoms. The minimum Gasteiger partial charge on any atom is -0.452 e. The molecular formula is C17H19N3O4. The van der Waals surface area contributed by atoms with Crippen molar-refractivity contribution in [2.75, 3.05) is 19.7 Å². The van der Waals surface area contributed by atoms with E-state index in [9.17, 15) is 14.9 Å². The Balaban J connectivity index is 2.21. The van der Waals surface area contributed by atoms with Gasteiger partial charge >= 0.3 is 5.97 Å². The zero-order valence-electron chi connectivity index (χ0n) is 13.9. The molecule has 1 amide bonds. The summed E-state index contributed by atoms with van der Waals surface area (Å²) in [6.45, 7) is 5.99. The van der Waals surface area contributed by atoms with Crippen LogP contribution in [0.15, 0.2) is 28.9 Å². The topological polar surface area (TPSA) is 88.5 Å². The van der Waals surface area contributed by atoms with Crippen molar-refractivity contribution in [1.82, 2.24) is 9.47 Å². The molecule has 0 aliphatic carbocycles. The summed E-state index contributed by atoms with van der Waals surface area (Å²) in [5.41, 5.74) is 0.137. The largest absolute Gasteiger partial charge is 0.452 e. The number of carbonyl (C=O) groups is 2. The number of nitriles is 1. The van der Waals surface area contributed by atoms with Crippen molar-refractivity contribution < 1.29 is 18.7 Å². The van der Waals surface area contributed by atoms with Crippen LogP contribution in [-0.2, 0) is 9.53 Å². The van der Waals surface area contributed by atoms with Crippen LogP contribution in [0.4, 0.5) is 0 Å². The van der Waals surface area contributed by atoms with Crippen molar-refractivity contribution in [2.45, 2.75) is 20.8 Å². The van der Waals surface area contributed by atoms with Crippen LogP contribution in [0.5, 0.6) is 0 Å². The fourth-order valence-corrected chi connectivity index (χ4v) is 2.40. The van der Waals surface area contributed by atoms with Crippen molar-refractivity contribution in [3.63, 3.8) is 0 Å². The molecule has 0 unspecified atom stereocenters. The number of carbonyl (C=O) groups excluding carboxylic acids is 2. The Morgan fingerprint density at radius 3 is 2.46 bits per heavy atom. The summed E-state index contributed by atoms with van der Waals surface area (Å²) in [5.74, 6) is -0.497. The summed E-state index contributed by atoms with van der Waals surface area (Å²) in [5, 5.41) is 9.40. The molecule has 0 aliphatic heterocycles. The number of hydrogen-bond acceptors (Lipinski definition) is 5. The van der Waals surface area contributed by atoms with Crippen LogP contribution in [0.2, 0.25) is 0 Å². The van der Waals surface area contributed by atoms with E-state index in [0.29, 0.717) is 13.1 Å². The highest BCUT2D eigenvalue weighted by Gasteiger charge is 2.26. The number of aryl methyl sites for hydroxylation is 1. The summed E-state index contributed by atoms with van der Waals surface area (Å²) in [6.07, 6.45) is 3.41. The van der Waals surface area contributed by atoms with Crippen molar-refractivity contribution in [3.8, 4) is 12.0 Å². The average molecular weight is 329 g/mol. The van der Waals surface area contributed by atoms with Gasteiger partial charge in [-0.3, -0.25) is 9.36 Å². The van der Waals surface area contributed by atoms with E-state index in [1.165, 1.54) is 0 Å². The van der Waals surface area contributed by atoms with Gasteiger partial charge in [-0.1, -0.05) is 0 Å². The van der Waals surface area contributed by atoms with Crippen LogP contribution in [-0.4, -0.2) is 41.0 Å². The average Bonchev–Trinajstić information content (AvgIpc) is 3.20. The van der Waals surface area contributed by atoms with Crippen LogP contribution in [0.25, 0.3) is 5.88 Å². The molecule has 0 saturated carbocycles. The molecule has 0 saturated heterocycles. The summed E-state index contributed by atoms with van der Waals surface area (Å²) in [4.78, 5) is 25.8. The van der Waals surface area contributed by atoms with Gasteiger partial charge in [-0.05, 0) is 32.9 Å². The lowest BCUT2D eigenvalue weighted by Crippen LogP contribution is -2.34. The minimum atomic E-state index is -0.744. The molecule has 0 bridgehead atoms. The molecule has 0 fully saturated rings. The third kappa shape index (κ3) is 3.33. The number of amides is 1. The first-order chi connectivity index (χ1) is 11.5. The van der Waals surface area contributed by atoms with Gasteiger partial charge < -0.3 is 14.1 Å². The minimum absolute atomic E-state index is 0.0496. The fourth-order valence-electron chi connectivity index (χ4n) is 2.40. The van der Waals surface area contributed by atoms with Gasteiger partial charge in [0, 0.05) is 25.5 Å². The van der Waals surface area contributed by atoms with Crippen molar-refractivity contribution in [2.24, 2.45) is 0 Å². The summed E-state index contributed by atoms with van der Waals surface area (Å²) < 4.78 is 12.2. The smallest absolute Gasteiger partial charge is 0.343 e. The van der Waals surface area contributed by atoms with E-state index >= 15 is 0 Å². The number of likely N-dealkylation sites (N-methyl/N-ethyl adjacent to an activating group) is 1. The van der Waals surface area contributed by atoms with E-state index < -0.39 is 5.97 Å². The Morgan fingerprint density at radius 1 is 1.29 bits per heavy atom. The van der Waals surface area contributed by atoms with Crippen LogP contribution in [0, 0.1) is 18.3 Å². The Kier molecular flexibility index (Phi) is 5.42. The SMILES string of the molecule is CCN(CC)C(=O)COC(=O)c1c(C)oc(-n2cccc2)c1C#N. The molecule has 24 heavy (non-hydrogen) atoms. The van der Waals surface area contributed by atoms with E-state index in [1.807, 2.05) is 19.9 Å². The summed E-state index contributed by atoms with van der Waals surface area (Å²) in [6, 6.07) is 5.53. The molecular weight excluding hydrogens is 310 g/mol. The highest BCUT2D eigenvalue weighted by atomic mass is 16.5. The second-order valence-electron chi connectivity index (χ2n) is 5.06. The molecule has 0 aliphatic rings. The molecule has 7 nitrogen and oxygen atoms in total. The Morgan fingerprint density at radius 2 is 1.92 bits per heavy atom. The molecule has 0 N–H and O–H groups in total. The van der Waals surface area contributed by atoms with Crippen molar-refractivity contribution in [3.05, 3.63) is 41.4 Å². The van der Waals surface area contributed by atoms with E-state index in [0.717, 1.165) is 0 Å². The zero-order chi connectivity index (χ0) is 17.7. The van der Waals surface area contributed by atoms with Crippen LogP contribution < -0.4 is 0 Å². The Hall–Kier alpha value is -3.01. The molecule has 2 heterocycles. The number of ether oxygens (including phenoxy) is 1. The van der Waals surface area contributed by atoms with Gasteiger partial charge in [0.15, 0.2) is 6.61 Å². The third-order valence-corrected chi connectivity index (χ3v) is 3.66. The lowest BCUT2D eigenvalue weighted by atomic mass is 10.1. The number of aromatic nitrogens is 1. The molecule has 126 valence electrons. The van der Waals surface area contributed by atoms with E-state index in [1.54, 1.807) is 40.9 Å². The zero-order valence-corrected chi connectivity index (χ0v) is 13.9. The van der Waals surface area contributed by atoms with E-state index in [-0.39, 0.29) is 35.3 Å². The number of rotatable bonds is 6. The van der Waals surface area contributed by atoms with Crippen LogP contribution in [0.1, 0.15) is 35.5 Å². The maximum absolute atomic E-state index is 12.3. The molecule has 0 radical (unpaired) electrons. The second kappa shape index (κ2) is 7.51. The molecule has 0 atom stereocenters. The number of furan rings is 1. The standard InChI is InChI=1S/C17H19N3O4/c1-4-19(5-2)14(21)11-23-17(22)15-12(3)24-16(13(15)10-18)20-8-6-7-9-20/h6-9H,4-5,11H2,1-3H3. The first-order valence-electron chi connectivity index (χ1n) is 7.65. The lowest BCUT2D eigenvalue weighted by molar-refractivity contribution is -0.134. The Labute approximate surface area is 140 Å². The fraction of sp³-hybridized carbons (Fsp3) is 0.353. The number of nitrogens with zero attached hydrogens (tertiary/aromatic N) is 3. The van der Waals surface area contributed by atoms with Crippen LogP contribution >= 0.6 is 0 Å². The maximum Gasteiger partial charge on any atom is 0.343 e. The Bertz CT molecular complexity index is 765. The normalized spacial score (nSPS) is 10.2. The first kappa shape index (κ1) is 17.3. The van der Waals surface area contributed by atoms with Gasteiger partial charge in [0.05, 0.1) is 0 Å². The first-order valence-corrected chi connectivity index (χ1v) is 7.65. The highest BCUT2D eigenvalue weighted by Crippen LogP contribution is 2.26. The van der Waals surface area contributed by atoms with Gasteiger partial charge in [0.25, 0.3) is 5.91 Å². The molecule has 0 spiro atoms. The lowest BCUT2D eigenvalue weighted by Gasteiger charge is -2.18. The molecule has 2 aromatic heterocycles. The van der Waals surface area contributed by atoms with Gasteiger partial charge in [-0.2, -0.15) is 5.26 Å². The van der Waals surface area contributed by atoms with Crippen molar-refractivity contribution in [1.29, 1.82) is 5.26 Å². The van der Waals surface area contributed by atoms with Gasteiger partial charge in [-0.25, -0.2) is 4.79 Å². The highest BCUT2D eigenvalue weighted by molar-refractivity contribution is 5.95. The van der Waals surface area contributed by atoms with E-state index in [2.05, 4.69) is 0 Å². The summed E-state index contributed by atoms with van der Waals surface area (Å²) >= 11 is 0.